The topological polar surface area (TPSA) is 82.6 Å². The van der Waals surface area contributed by atoms with Crippen molar-refractivity contribution in [3.05, 3.63) is 78.6 Å². The first-order chi connectivity index (χ1) is 11.4. The predicted molar refractivity (Wildman–Crippen MR) is 92.3 cm³/mol. The number of fused-ring (bicyclic) bond motifs is 1. The summed E-state index contributed by atoms with van der Waals surface area (Å²) in [5.41, 5.74) is 1.04. The first-order valence-electron chi connectivity index (χ1n) is 7.04. The lowest BCUT2D eigenvalue weighted by Crippen LogP contribution is -2.02. The van der Waals surface area contributed by atoms with Crippen LogP contribution in [0.2, 0.25) is 0 Å². The predicted octanol–water partition coefficient (Wildman–Crippen LogP) is 4.35. The summed E-state index contributed by atoms with van der Waals surface area (Å²) in [5, 5.41) is 11.8. The zero-order chi connectivity index (χ0) is 17.3. The van der Waals surface area contributed by atoms with Gasteiger partial charge in [-0.15, -0.1) is 0 Å². The van der Waals surface area contributed by atoms with Gasteiger partial charge in [0.2, 0.25) is 5.75 Å². The molecule has 0 saturated heterocycles. The van der Waals surface area contributed by atoms with Crippen LogP contribution in [0.5, 0.6) is 5.75 Å². The van der Waals surface area contributed by atoms with Crippen molar-refractivity contribution in [1.29, 1.82) is 0 Å². The van der Waals surface area contributed by atoms with Gasteiger partial charge in [0.25, 0.3) is 0 Å². The van der Waals surface area contributed by atoms with Crippen LogP contribution in [0.15, 0.2) is 56.1 Å². The standard InChI is InChI=1S/C17H12BrNO5/c1-10-5-17(20)24-15-8-16(14(19(21)22)7-13(10)15)23-9-11-3-2-4-12(18)6-11/h2-8H,9H2,1H3. The Hall–Kier alpha value is -2.67. The van der Waals surface area contributed by atoms with Crippen LogP contribution in [0.3, 0.4) is 0 Å². The number of hydrogen-bond acceptors (Lipinski definition) is 5. The summed E-state index contributed by atoms with van der Waals surface area (Å²) >= 11 is 3.36. The number of nitrogens with zero attached hydrogens (tertiary/aromatic N) is 1. The Kier molecular flexibility index (Phi) is 4.35. The van der Waals surface area contributed by atoms with E-state index in [9.17, 15) is 14.9 Å². The van der Waals surface area contributed by atoms with Crippen LogP contribution in [0.1, 0.15) is 11.1 Å². The highest BCUT2D eigenvalue weighted by atomic mass is 79.9. The lowest BCUT2D eigenvalue weighted by atomic mass is 10.1. The minimum atomic E-state index is -0.514. The molecule has 2 aromatic carbocycles. The van der Waals surface area contributed by atoms with E-state index in [0.717, 1.165) is 10.0 Å². The van der Waals surface area contributed by atoms with Gasteiger partial charge in [-0.05, 0) is 30.2 Å². The van der Waals surface area contributed by atoms with E-state index in [0.29, 0.717) is 10.9 Å². The number of nitro groups is 1. The van der Waals surface area contributed by atoms with Crippen molar-refractivity contribution in [3.63, 3.8) is 0 Å². The maximum Gasteiger partial charge on any atom is 0.336 e. The molecular formula is C17H12BrNO5. The quantitative estimate of drug-likeness (QED) is 0.376. The molecule has 0 N–H and O–H groups in total. The first-order valence-corrected chi connectivity index (χ1v) is 7.83. The van der Waals surface area contributed by atoms with Gasteiger partial charge in [0, 0.05) is 28.1 Å². The fraction of sp³-hybridized carbons (Fsp3) is 0.118. The summed E-state index contributed by atoms with van der Waals surface area (Å²) in [7, 11) is 0. The van der Waals surface area contributed by atoms with Crippen molar-refractivity contribution in [3.8, 4) is 5.75 Å². The molecule has 6 nitrogen and oxygen atoms in total. The van der Waals surface area contributed by atoms with Gasteiger partial charge in [0.15, 0.2) is 0 Å². The van der Waals surface area contributed by atoms with E-state index in [-0.39, 0.29) is 23.6 Å². The van der Waals surface area contributed by atoms with Gasteiger partial charge < -0.3 is 9.15 Å². The van der Waals surface area contributed by atoms with E-state index in [1.807, 2.05) is 24.3 Å². The van der Waals surface area contributed by atoms with Crippen LogP contribution in [0, 0.1) is 17.0 Å². The monoisotopic (exact) mass is 389 g/mol. The zero-order valence-electron chi connectivity index (χ0n) is 12.6. The highest BCUT2D eigenvalue weighted by molar-refractivity contribution is 9.10. The van der Waals surface area contributed by atoms with Gasteiger partial charge in [-0.2, -0.15) is 0 Å². The summed E-state index contributed by atoms with van der Waals surface area (Å²) in [6.07, 6.45) is 0. The van der Waals surface area contributed by atoms with Crippen LogP contribution in [-0.4, -0.2) is 4.92 Å². The summed E-state index contributed by atoms with van der Waals surface area (Å²) < 4.78 is 11.6. The summed E-state index contributed by atoms with van der Waals surface area (Å²) in [6.45, 7) is 1.85. The first kappa shape index (κ1) is 16.2. The third kappa shape index (κ3) is 3.30. The number of rotatable bonds is 4. The minimum Gasteiger partial charge on any atom is -0.482 e. The van der Waals surface area contributed by atoms with E-state index < -0.39 is 10.5 Å². The van der Waals surface area contributed by atoms with Crippen molar-refractivity contribution in [2.45, 2.75) is 13.5 Å². The number of nitro benzene ring substituents is 1. The fourth-order valence-electron chi connectivity index (χ4n) is 2.38. The molecule has 0 spiro atoms. The molecule has 0 saturated carbocycles. The van der Waals surface area contributed by atoms with Gasteiger partial charge >= 0.3 is 11.3 Å². The average Bonchev–Trinajstić information content (AvgIpc) is 2.52. The molecule has 1 aromatic heterocycles. The zero-order valence-corrected chi connectivity index (χ0v) is 14.2. The molecule has 0 amide bonds. The van der Waals surface area contributed by atoms with Crippen molar-refractivity contribution >= 4 is 32.6 Å². The Labute approximate surface area is 145 Å². The lowest BCUT2D eigenvalue weighted by Gasteiger charge is -2.09. The molecule has 0 aliphatic heterocycles. The minimum absolute atomic E-state index is 0.0567. The van der Waals surface area contributed by atoms with Gasteiger partial charge in [-0.1, -0.05) is 28.1 Å². The second-order valence-electron chi connectivity index (χ2n) is 5.24. The molecular weight excluding hydrogens is 378 g/mol. The molecule has 7 heteroatoms. The van der Waals surface area contributed by atoms with Crippen molar-refractivity contribution in [2.24, 2.45) is 0 Å². The van der Waals surface area contributed by atoms with Crippen LogP contribution in [-0.2, 0) is 6.61 Å². The molecule has 122 valence electrons. The molecule has 3 aromatic rings. The average molecular weight is 390 g/mol. The van der Waals surface area contributed by atoms with Crippen molar-refractivity contribution in [2.75, 3.05) is 0 Å². The summed E-state index contributed by atoms with van der Waals surface area (Å²) in [6, 6.07) is 11.5. The van der Waals surface area contributed by atoms with Crippen LogP contribution >= 0.6 is 15.9 Å². The Morgan fingerprint density at radius 3 is 2.75 bits per heavy atom. The largest absolute Gasteiger partial charge is 0.482 e. The number of aryl methyl sites for hydroxylation is 1. The van der Waals surface area contributed by atoms with Crippen LogP contribution in [0.25, 0.3) is 11.0 Å². The fourth-order valence-corrected chi connectivity index (χ4v) is 2.83. The van der Waals surface area contributed by atoms with Gasteiger partial charge in [0.1, 0.15) is 12.2 Å². The van der Waals surface area contributed by atoms with E-state index >= 15 is 0 Å². The maximum absolute atomic E-state index is 11.5. The normalized spacial score (nSPS) is 10.8. The Morgan fingerprint density at radius 2 is 2.04 bits per heavy atom. The molecule has 1 heterocycles. The molecule has 3 rings (SSSR count). The van der Waals surface area contributed by atoms with E-state index in [4.69, 9.17) is 9.15 Å². The Balaban J connectivity index is 2.03. The Bertz CT molecular complexity index is 996. The number of halogens is 1. The van der Waals surface area contributed by atoms with Crippen molar-refractivity contribution in [1.82, 2.24) is 0 Å². The van der Waals surface area contributed by atoms with Crippen LogP contribution in [0.4, 0.5) is 5.69 Å². The molecule has 0 bridgehead atoms. The number of ether oxygens (including phenoxy) is 1. The highest BCUT2D eigenvalue weighted by Gasteiger charge is 2.19. The van der Waals surface area contributed by atoms with Gasteiger partial charge in [-0.25, -0.2) is 4.79 Å². The molecule has 24 heavy (non-hydrogen) atoms. The summed E-state index contributed by atoms with van der Waals surface area (Å²) in [5.74, 6) is 0.0567. The second kappa shape index (κ2) is 6.45. The van der Waals surface area contributed by atoms with E-state index in [1.165, 1.54) is 18.2 Å². The van der Waals surface area contributed by atoms with Crippen LogP contribution < -0.4 is 10.4 Å². The molecule has 0 unspecified atom stereocenters. The highest BCUT2D eigenvalue weighted by Crippen LogP contribution is 2.33. The lowest BCUT2D eigenvalue weighted by molar-refractivity contribution is -0.385. The molecule has 0 radical (unpaired) electrons. The molecule has 0 atom stereocenters. The smallest absolute Gasteiger partial charge is 0.336 e. The van der Waals surface area contributed by atoms with E-state index in [1.54, 1.807) is 6.92 Å². The molecule has 0 fully saturated rings. The molecule has 0 aliphatic rings. The summed E-state index contributed by atoms with van der Waals surface area (Å²) in [4.78, 5) is 22.3. The van der Waals surface area contributed by atoms with E-state index in [2.05, 4.69) is 15.9 Å². The molecule has 0 aliphatic carbocycles. The Morgan fingerprint density at radius 1 is 1.25 bits per heavy atom. The second-order valence-corrected chi connectivity index (χ2v) is 6.16. The third-order valence-corrected chi connectivity index (χ3v) is 4.00. The van der Waals surface area contributed by atoms with Gasteiger partial charge in [0.05, 0.1) is 4.92 Å². The number of hydrogen-bond donors (Lipinski definition) is 0. The maximum atomic E-state index is 11.5. The SMILES string of the molecule is Cc1cc(=O)oc2cc(OCc3cccc(Br)c3)c([N+](=O)[O-])cc12. The van der Waals surface area contributed by atoms with Crippen molar-refractivity contribution < 1.29 is 14.1 Å². The van der Waals surface area contributed by atoms with Gasteiger partial charge in [-0.3, -0.25) is 10.1 Å². The third-order valence-electron chi connectivity index (χ3n) is 3.51. The number of benzene rings is 2.